The van der Waals surface area contributed by atoms with E-state index in [-0.39, 0.29) is 5.65 Å². The van der Waals surface area contributed by atoms with E-state index in [1.54, 1.807) is 12.3 Å². The monoisotopic (exact) mass is 318 g/mol. The minimum absolute atomic E-state index is 0.215. The number of benzene rings is 2. The third-order valence-corrected chi connectivity index (χ3v) is 3.83. The average Bonchev–Trinajstić information content (AvgIpc) is 2.99. The SMILES string of the molecule is Fc1c(-c2ccccc2)nn2c(NCc3ccccc3)ccnc12. The van der Waals surface area contributed by atoms with Gasteiger partial charge >= 0.3 is 0 Å². The first-order valence-electron chi connectivity index (χ1n) is 7.69. The predicted octanol–water partition coefficient (Wildman–Crippen LogP) is 4.15. The second kappa shape index (κ2) is 6.12. The van der Waals surface area contributed by atoms with Crippen molar-refractivity contribution in [3.05, 3.63) is 84.3 Å². The summed E-state index contributed by atoms with van der Waals surface area (Å²) in [5.74, 6) is 0.287. The fourth-order valence-electron chi connectivity index (χ4n) is 2.62. The number of hydrogen-bond donors (Lipinski definition) is 1. The fraction of sp³-hybridized carbons (Fsp3) is 0.0526. The lowest BCUT2D eigenvalue weighted by Crippen LogP contribution is -2.05. The Morgan fingerprint density at radius 2 is 1.62 bits per heavy atom. The maximum atomic E-state index is 14.7. The summed E-state index contributed by atoms with van der Waals surface area (Å²) in [6, 6.07) is 21.1. The van der Waals surface area contributed by atoms with Crippen molar-refractivity contribution < 1.29 is 4.39 Å². The molecule has 0 amide bonds. The van der Waals surface area contributed by atoms with Gasteiger partial charge < -0.3 is 5.32 Å². The van der Waals surface area contributed by atoms with Gasteiger partial charge in [0.05, 0.1) is 0 Å². The van der Waals surface area contributed by atoms with Crippen LogP contribution in [0.15, 0.2) is 72.9 Å². The van der Waals surface area contributed by atoms with Crippen LogP contribution in [0.2, 0.25) is 0 Å². The Morgan fingerprint density at radius 3 is 2.38 bits per heavy atom. The van der Waals surface area contributed by atoms with Crippen LogP contribution in [0, 0.1) is 5.82 Å². The third-order valence-electron chi connectivity index (χ3n) is 3.83. The summed E-state index contributed by atoms with van der Waals surface area (Å²) < 4.78 is 16.2. The molecule has 0 aliphatic carbocycles. The molecule has 1 N–H and O–H groups in total. The summed E-state index contributed by atoms with van der Waals surface area (Å²) in [7, 11) is 0. The molecule has 0 spiro atoms. The van der Waals surface area contributed by atoms with Crippen LogP contribution in [-0.2, 0) is 6.54 Å². The highest BCUT2D eigenvalue weighted by Gasteiger charge is 2.17. The van der Waals surface area contributed by atoms with Crippen molar-refractivity contribution in [2.75, 3.05) is 5.32 Å². The molecule has 5 heteroatoms. The normalized spacial score (nSPS) is 10.9. The van der Waals surface area contributed by atoms with Crippen molar-refractivity contribution in [1.29, 1.82) is 0 Å². The van der Waals surface area contributed by atoms with Crippen molar-refractivity contribution in [3.8, 4) is 11.3 Å². The molecule has 0 atom stereocenters. The molecule has 0 bridgehead atoms. The highest BCUT2D eigenvalue weighted by Crippen LogP contribution is 2.25. The standard InChI is InChI=1S/C19H15FN4/c20-17-18(15-9-5-2-6-10-15)23-24-16(11-12-21-19(17)24)22-13-14-7-3-1-4-8-14/h1-12,22H,13H2. The molecule has 0 saturated carbocycles. The highest BCUT2D eigenvalue weighted by molar-refractivity contribution is 5.66. The molecule has 4 nitrogen and oxygen atoms in total. The quantitative estimate of drug-likeness (QED) is 0.615. The molecule has 0 fully saturated rings. The van der Waals surface area contributed by atoms with E-state index in [9.17, 15) is 4.39 Å². The molecular weight excluding hydrogens is 303 g/mol. The van der Waals surface area contributed by atoms with Gasteiger partial charge in [-0.1, -0.05) is 60.7 Å². The molecule has 4 aromatic rings. The zero-order valence-electron chi connectivity index (χ0n) is 12.9. The summed E-state index contributed by atoms with van der Waals surface area (Å²) in [6.45, 7) is 0.627. The van der Waals surface area contributed by atoms with Crippen molar-refractivity contribution in [2.45, 2.75) is 6.54 Å². The minimum Gasteiger partial charge on any atom is -0.366 e. The first-order chi connectivity index (χ1) is 11.8. The number of fused-ring (bicyclic) bond motifs is 1. The molecular formula is C19H15FN4. The second-order valence-corrected chi connectivity index (χ2v) is 5.43. The molecule has 2 aromatic carbocycles. The number of halogens is 1. The summed E-state index contributed by atoms with van der Waals surface area (Å²) in [4.78, 5) is 4.13. The van der Waals surface area contributed by atoms with Gasteiger partial charge in [0, 0.05) is 18.3 Å². The van der Waals surface area contributed by atoms with Crippen LogP contribution >= 0.6 is 0 Å². The Balaban J connectivity index is 1.72. The Kier molecular flexibility index (Phi) is 3.67. The van der Waals surface area contributed by atoms with E-state index in [2.05, 4.69) is 15.4 Å². The number of hydrogen-bond acceptors (Lipinski definition) is 3. The van der Waals surface area contributed by atoms with Crippen LogP contribution in [0.25, 0.3) is 16.9 Å². The summed E-state index contributed by atoms with van der Waals surface area (Å²) in [6.07, 6.45) is 1.59. The molecule has 2 heterocycles. The van der Waals surface area contributed by atoms with E-state index < -0.39 is 5.82 Å². The number of nitrogens with zero attached hydrogens (tertiary/aromatic N) is 3. The predicted molar refractivity (Wildman–Crippen MR) is 92.1 cm³/mol. The Hall–Kier alpha value is -3.21. The van der Waals surface area contributed by atoms with Gasteiger partial charge in [-0.25, -0.2) is 9.37 Å². The fourth-order valence-corrected chi connectivity index (χ4v) is 2.62. The zero-order valence-corrected chi connectivity index (χ0v) is 12.9. The van der Waals surface area contributed by atoms with E-state index in [1.807, 2.05) is 60.7 Å². The van der Waals surface area contributed by atoms with Crippen molar-refractivity contribution >= 4 is 11.5 Å². The number of nitrogens with one attached hydrogen (secondary N) is 1. The van der Waals surface area contributed by atoms with E-state index in [0.717, 1.165) is 11.1 Å². The molecule has 0 aliphatic rings. The number of anilines is 1. The third kappa shape index (κ3) is 2.60. The number of aromatic nitrogens is 3. The van der Waals surface area contributed by atoms with Gasteiger partial charge in [0.15, 0.2) is 11.5 Å². The van der Waals surface area contributed by atoms with Crippen LogP contribution in [0.4, 0.5) is 10.2 Å². The summed E-state index contributed by atoms with van der Waals surface area (Å²) in [5, 5.41) is 7.70. The Labute approximate surface area is 138 Å². The zero-order chi connectivity index (χ0) is 16.4. The van der Waals surface area contributed by atoms with Gasteiger partial charge in [-0.05, 0) is 11.6 Å². The average molecular weight is 318 g/mol. The van der Waals surface area contributed by atoms with Crippen LogP contribution < -0.4 is 5.32 Å². The van der Waals surface area contributed by atoms with Crippen LogP contribution in [-0.4, -0.2) is 14.6 Å². The van der Waals surface area contributed by atoms with Gasteiger partial charge in [-0.15, -0.1) is 0 Å². The van der Waals surface area contributed by atoms with Crippen LogP contribution in [0.5, 0.6) is 0 Å². The lowest BCUT2D eigenvalue weighted by Gasteiger charge is -2.07. The summed E-state index contributed by atoms with van der Waals surface area (Å²) >= 11 is 0. The molecule has 0 unspecified atom stereocenters. The van der Waals surface area contributed by atoms with Crippen LogP contribution in [0.1, 0.15) is 5.56 Å². The van der Waals surface area contributed by atoms with Gasteiger partial charge in [-0.3, -0.25) is 0 Å². The molecule has 24 heavy (non-hydrogen) atoms. The largest absolute Gasteiger partial charge is 0.366 e. The van der Waals surface area contributed by atoms with E-state index in [0.29, 0.717) is 18.1 Å². The maximum Gasteiger partial charge on any atom is 0.195 e. The van der Waals surface area contributed by atoms with Crippen molar-refractivity contribution in [1.82, 2.24) is 14.6 Å². The lowest BCUT2D eigenvalue weighted by atomic mass is 10.1. The molecule has 0 aliphatic heterocycles. The molecule has 2 aromatic heterocycles. The van der Waals surface area contributed by atoms with Crippen LogP contribution in [0.3, 0.4) is 0 Å². The smallest absolute Gasteiger partial charge is 0.195 e. The van der Waals surface area contributed by atoms with E-state index in [4.69, 9.17) is 0 Å². The van der Waals surface area contributed by atoms with E-state index >= 15 is 0 Å². The van der Waals surface area contributed by atoms with Gasteiger partial charge in [0.25, 0.3) is 0 Å². The maximum absolute atomic E-state index is 14.7. The van der Waals surface area contributed by atoms with E-state index in [1.165, 1.54) is 4.52 Å². The van der Waals surface area contributed by atoms with Gasteiger partial charge in [-0.2, -0.15) is 9.61 Å². The molecule has 118 valence electrons. The number of rotatable bonds is 4. The Bertz CT molecular complexity index is 965. The van der Waals surface area contributed by atoms with Crippen molar-refractivity contribution in [2.24, 2.45) is 0 Å². The lowest BCUT2D eigenvalue weighted by molar-refractivity contribution is 0.639. The molecule has 0 radical (unpaired) electrons. The highest BCUT2D eigenvalue weighted by atomic mass is 19.1. The minimum atomic E-state index is -0.412. The second-order valence-electron chi connectivity index (χ2n) is 5.43. The van der Waals surface area contributed by atoms with Gasteiger partial charge in [0.1, 0.15) is 11.5 Å². The Morgan fingerprint density at radius 1 is 0.917 bits per heavy atom. The molecule has 4 rings (SSSR count). The van der Waals surface area contributed by atoms with Gasteiger partial charge in [0.2, 0.25) is 0 Å². The van der Waals surface area contributed by atoms with Crippen molar-refractivity contribution in [3.63, 3.8) is 0 Å². The first kappa shape index (κ1) is 14.4. The first-order valence-corrected chi connectivity index (χ1v) is 7.69. The molecule has 0 saturated heterocycles. The topological polar surface area (TPSA) is 42.2 Å². The summed E-state index contributed by atoms with van der Waals surface area (Å²) in [5.41, 5.74) is 2.39.